The van der Waals surface area contributed by atoms with Crippen LogP contribution in [-0.4, -0.2) is 41.7 Å². The number of rotatable bonds is 8. The number of hydrogen-bond donors (Lipinski definition) is 2. The number of alkyl halides is 2. The number of carbonyl (C=O) groups is 1. The Labute approximate surface area is 122 Å². The highest BCUT2D eigenvalue weighted by molar-refractivity contribution is 5.96. The minimum Gasteiger partial charge on any atom is -0.471 e. The number of nitrogens with one attached hydrogen (secondary N) is 1. The second kappa shape index (κ2) is 8.51. The number of ether oxygens (including phenoxy) is 1. The van der Waals surface area contributed by atoms with Crippen molar-refractivity contribution in [2.75, 3.05) is 13.2 Å². The molecule has 1 aromatic heterocycles. The first kappa shape index (κ1) is 17.3. The molecule has 1 aromatic rings. The highest BCUT2D eigenvalue weighted by Gasteiger charge is 2.20. The largest absolute Gasteiger partial charge is 0.471 e. The summed E-state index contributed by atoms with van der Waals surface area (Å²) in [7, 11) is 0. The van der Waals surface area contributed by atoms with Crippen molar-refractivity contribution in [2.45, 2.75) is 32.7 Å². The van der Waals surface area contributed by atoms with Gasteiger partial charge in [-0.25, -0.2) is 13.8 Å². The van der Waals surface area contributed by atoms with E-state index in [-0.39, 0.29) is 30.0 Å². The Balaban J connectivity index is 2.81. The highest BCUT2D eigenvalue weighted by atomic mass is 19.3. The minimum absolute atomic E-state index is 0.0507. The van der Waals surface area contributed by atoms with Gasteiger partial charge in [0.2, 0.25) is 5.88 Å². The molecule has 0 fully saturated rings. The number of hydrogen-bond acceptors (Lipinski definition) is 4. The van der Waals surface area contributed by atoms with Gasteiger partial charge < -0.3 is 15.2 Å². The van der Waals surface area contributed by atoms with Crippen molar-refractivity contribution in [3.63, 3.8) is 0 Å². The molecule has 1 heterocycles. The van der Waals surface area contributed by atoms with Crippen LogP contribution in [0, 0.1) is 5.92 Å². The predicted molar refractivity (Wildman–Crippen MR) is 73.5 cm³/mol. The Morgan fingerprint density at radius 2 is 2.19 bits per heavy atom. The minimum atomic E-state index is -2.64. The topological polar surface area (TPSA) is 71.5 Å². The molecule has 0 bridgehead atoms. The summed E-state index contributed by atoms with van der Waals surface area (Å²) in [6.07, 6.45) is -0.858. The molecule has 1 rings (SSSR count). The van der Waals surface area contributed by atoms with E-state index in [1.54, 1.807) is 0 Å². The molecule has 0 spiro atoms. The molecule has 1 amide bonds. The molecule has 0 radical (unpaired) electrons. The van der Waals surface area contributed by atoms with Crippen LogP contribution in [-0.2, 0) is 0 Å². The average molecular weight is 302 g/mol. The van der Waals surface area contributed by atoms with Crippen molar-refractivity contribution < 1.29 is 23.4 Å². The van der Waals surface area contributed by atoms with Crippen LogP contribution < -0.4 is 10.1 Å². The van der Waals surface area contributed by atoms with Gasteiger partial charge in [0.25, 0.3) is 12.3 Å². The number of aliphatic hydroxyl groups excluding tert-OH is 1. The molecule has 7 heteroatoms. The first-order chi connectivity index (χ1) is 9.95. The Morgan fingerprint density at radius 3 is 2.76 bits per heavy atom. The van der Waals surface area contributed by atoms with Crippen LogP contribution in [0.4, 0.5) is 8.78 Å². The number of amides is 1. The summed E-state index contributed by atoms with van der Waals surface area (Å²) < 4.78 is 29.2. The van der Waals surface area contributed by atoms with Gasteiger partial charge in [-0.1, -0.05) is 13.8 Å². The number of aromatic nitrogens is 1. The van der Waals surface area contributed by atoms with Crippen LogP contribution in [0.25, 0.3) is 0 Å². The normalized spacial score (nSPS) is 12.5. The smallest absolute Gasteiger partial charge is 0.272 e. The lowest BCUT2D eigenvalue weighted by Gasteiger charge is -2.22. The number of aliphatic hydroxyl groups is 1. The van der Waals surface area contributed by atoms with Crippen LogP contribution >= 0.6 is 0 Å². The molecule has 118 valence electrons. The molecule has 0 aliphatic rings. The number of carbonyl (C=O) groups excluding carboxylic acids is 1. The van der Waals surface area contributed by atoms with Crippen LogP contribution in [0.1, 0.15) is 30.6 Å². The maximum Gasteiger partial charge on any atom is 0.272 e. The third kappa shape index (κ3) is 5.63. The fourth-order valence-electron chi connectivity index (χ4n) is 1.78. The summed E-state index contributed by atoms with van der Waals surface area (Å²) in [5.41, 5.74) is 0.0988. The van der Waals surface area contributed by atoms with Gasteiger partial charge in [0.05, 0.1) is 0 Å². The molecular weight excluding hydrogens is 282 g/mol. The SMILES string of the molecule is CC(C)C(CCO)NC(=O)c1cccnc1OCC(F)F. The van der Waals surface area contributed by atoms with E-state index in [9.17, 15) is 13.6 Å². The second-order valence-electron chi connectivity index (χ2n) is 4.89. The maximum absolute atomic E-state index is 12.2. The Bertz CT molecular complexity index is 456. The quantitative estimate of drug-likeness (QED) is 0.769. The zero-order chi connectivity index (χ0) is 15.8. The Morgan fingerprint density at radius 1 is 1.48 bits per heavy atom. The standard InChI is InChI=1S/C14H20F2N2O3/c1-9(2)11(5-7-19)18-13(20)10-4-3-6-17-14(10)21-8-12(15)16/h3-4,6,9,11-12,19H,5,7-8H2,1-2H3,(H,18,20). The van der Waals surface area contributed by atoms with Crippen molar-refractivity contribution in [1.29, 1.82) is 0 Å². The van der Waals surface area contributed by atoms with Crippen molar-refractivity contribution in [2.24, 2.45) is 5.92 Å². The van der Waals surface area contributed by atoms with Gasteiger partial charge in [0, 0.05) is 18.8 Å². The fourth-order valence-corrected chi connectivity index (χ4v) is 1.78. The van der Waals surface area contributed by atoms with Crippen molar-refractivity contribution in [1.82, 2.24) is 10.3 Å². The van der Waals surface area contributed by atoms with Gasteiger partial charge >= 0.3 is 0 Å². The van der Waals surface area contributed by atoms with Gasteiger partial charge in [-0.05, 0) is 24.5 Å². The summed E-state index contributed by atoms with van der Waals surface area (Å²) in [6.45, 7) is 2.96. The first-order valence-corrected chi connectivity index (χ1v) is 6.73. The first-order valence-electron chi connectivity index (χ1n) is 6.73. The summed E-state index contributed by atoms with van der Waals surface area (Å²) in [4.78, 5) is 16.0. The monoisotopic (exact) mass is 302 g/mol. The second-order valence-corrected chi connectivity index (χ2v) is 4.89. The highest BCUT2D eigenvalue weighted by Crippen LogP contribution is 2.16. The lowest BCUT2D eigenvalue weighted by atomic mass is 10.0. The molecule has 0 aliphatic heterocycles. The number of halogens is 2. The van der Waals surface area contributed by atoms with Crippen LogP contribution in [0.5, 0.6) is 5.88 Å². The van der Waals surface area contributed by atoms with Gasteiger partial charge in [-0.3, -0.25) is 4.79 Å². The van der Waals surface area contributed by atoms with Crippen molar-refractivity contribution >= 4 is 5.91 Å². The molecule has 5 nitrogen and oxygen atoms in total. The Hall–Kier alpha value is -1.76. The van der Waals surface area contributed by atoms with Crippen molar-refractivity contribution in [3.05, 3.63) is 23.9 Å². The van der Waals surface area contributed by atoms with Gasteiger partial charge in [-0.15, -0.1) is 0 Å². The summed E-state index contributed by atoms with van der Waals surface area (Å²) in [6, 6.07) is 2.77. The fraction of sp³-hybridized carbons (Fsp3) is 0.571. The summed E-state index contributed by atoms with van der Waals surface area (Å²) >= 11 is 0. The van der Waals surface area contributed by atoms with Crippen LogP contribution in [0.3, 0.4) is 0 Å². The van der Waals surface area contributed by atoms with Crippen LogP contribution in [0.15, 0.2) is 18.3 Å². The molecular formula is C14H20F2N2O3. The van der Waals surface area contributed by atoms with E-state index in [0.717, 1.165) is 0 Å². The number of pyridine rings is 1. The van der Waals surface area contributed by atoms with E-state index in [1.165, 1.54) is 18.3 Å². The van der Waals surface area contributed by atoms with E-state index in [1.807, 2.05) is 13.8 Å². The molecule has 2 N–H and O–H groups in total. The molecule has 1 atom stereocenters. The average Bonchev–Trinajstić information content (AvgIpc) is 2.44. The lowest BCUT2D eigenvalue weighted by Crippen LogP contribution is -2.39. The molecule has 0 saturated carbocycles. The Kier molecular flexibility index (Phi) is 7.01. The molecule has 1 unspecified atom stereocenters. The van der Waals surface area contributed by atoms with Gasteiger partial charge in [-0.2, -0.15) is 0 Å². The van der Waals surface area contributed by atoms with E-state index < -0.39 is 18.9 Å². The molecule has 21 heavy (non-hydrogen) atoms. The molecule has 0 saturated heterocycles. The van der Waals surface area contributed by atoms with E-state index in [4.69, 9.17) is 9.84 Å². The van der Waals surface area contributed by atoms with E-state index in [0.29, 0.717) is 6.42 Å². The van der Waals surface area contributed by atoms with E-state index in [2.05, 4.69) is 10.3 Å². The van der Waals surface area contributed by atoms with Gasteiger partial charge in [0.15, 0.2) is 6.61 Å². The summed E-state index contributed by atoms with van der Waals surface area (Å²) in [5, 5.41) is 11.8. The van der Waals surface area contributed by atoms with Gasteiger partial charge in [0.1, 0.15) is 5.56 Å². The molecule has 0 aromatic carbocycles. The van der Waals surface area contributed by atoms with Crippen molar-refractivity contribution in [3.8, 4) is 5.88 Å². The maximum atomic E-state index is 12.2. The molecule has 0 aliphatic carbocycles. The third-order valence-corrected chi connectivity index (χ3v) is 2.92. The third-order valence-electron chi connectivity index (χ3n) is 2.92. The van der Waals surface area contributed by atoms with Crippen LogP contribution in [0.2, 0.25) is 0 Å². The number of nitrogens with zero attached hydrogens (tertiary/aromatic N) is 1. The summed E-state index contributed by atoms with van der Waals surface area (Å²) in [5.74, 6) is -0.454. The van der Waals surface area contributed by atoms with E-state index >= 15 is 0 Å². The zero-order valence-corrected chi connectivity index (χ0v) is 12.1. The zero-order valence-electron chi connectivity index (χ0n) is 12.1. The predicted octanol–water partition coefficient (Wildman–Crippen LogP) is 1.86. The lowest BCUT2D eigenvalue weighted by molar-refractivity contribution is 0.0767.